The van der Waals surface area contributed by atoms with Gasteiger partial charge in [0.25, 0.3) is 0 Å². The van der Waals surface area contributed by atoms with Crippen molar-refractivity contribution in [2.75, 3.05) is 0 Å². The average molecular weight is 463 g/mol. The number of aliphatic carboxylic acids is 1. The number of carboxylic acids is 1. The minimum atomic E-state index is -0.823. The number of hydrogen-bond donors (Lipinski definition) is 1. The fourth-order valence-corrected chi connectivity index (χ4v) is 5.26. The number of benzene rings is 1. The van der Waals surface area contributed by atoms with Gasteiger partial charge in [-0.1, -0.05) is 35.0 Å². The number of rotatable bonds is 6. The van der Waals surface area contributed by atoms with Crippen molar-refractivity contribution in [2.24, 2.45) is 0 Å². The highest BCUT2D eigenvalue weighted by atomic mass is 35.5. The maximum absolute atomic E-state index is 12.0. The van der Waals surface area contributed by atoms with Crippen LogP contribution in [0, 0.1) is 13.8 Å². The first-order chi connectivity index (χ1) is 14.3. The van der Waals surface area contributed by atoms with Gasteiger partial charge in [0.15, 0.2) is 5.82 Å². The summed E-state index contributed by atoms with van der Waals surface area (Å²) in [6, 6.07) is 5.31. The van der Waals surface area contributed by atoms with E-state index in [0.717, 1.165) is 28.4 Å². The number of carbonyl (C=O) groups is 1. The molecule has 0 unspecified atom stereocenters. The van der Waals surface area contributed by atoms with Crippen molar-refractivity contribution in [1.29, 1.82) is 0 Å². The van der Waals surface area contributed by atoms with Gasteiger partial charge >= 0.3 is 5.97 Å². The molecule has 1 fully saturated rings. The number of hydrogen-bond acceptors (Lipinski definition) is 5. The lowest BCUT2D eigenvalue weighted by molar-refractivity contribution is -0.142. The Balaban J connectivity index is 1.85. The molecule has 1 aliphatic rings. The predicted molar refractivity (Wildman–Crippen MR) is 118 cm³/mol. The van der Waals surface area contributed by atoms with E-state index in [1.54, 1.807) is 24.5 Å². The summed E-state index contributed by atoms with van der Waals surface area (Å²) in [5.41, 5.74) is 2.98. The van der Waals surface area contributed by atoms with Gasteiger partial charge in [-0.05, 0) is 56.9 Å². The fourth-order valence-electron chi connectivity index (χ4n) is 3.48. The van der Waals surface area contributed by atoms with Gasteiger partial charge in [-0.25, -0.2) is 9.97 Å². The van der Waals surface area contributed by atoms with Crippen molar-refractivity contribution < 1.29 is 9.90 Å². The Bertz CT molecular complexity index is 1130. The summed E-state index contributed by atoms with van der Waals surface area (Å²) in [5.74, 6) is -0.161. The van der Waals surface area contributed by atoms with E-state index in [9.17, 15) is 9.90 Å². The predicted octanol–water partition coefficient (Wildman–Crippen LogP) is 5.41. The number of halogens is 2. The normalized spacial score (nSPS) is 15.1. The molecule has 1 N–H and O–H groups in total. The van der Waals surface area contributed by atoms with Crippen LogP contribution in [0.1, 0.15) is 36.2 Å². The number of thioether (sulfide) groups is 1. The molecule has 0 spiro atoms. The van der Waals surface area contributed by atoms with Crippen LogP contribution < -0.4 is 0 Å². The van der Waals surface area contributed by atoms with E-state index in [1.165, 1.54) is 11.8 Å². The van der Waals surface area contributed by atoms with Crippen LogP contribution in [0.15, 0.2) is 35.6 Å². The standard InChI is InChI=1S/C21H20Cl2N4O2S/c1-12-9-24-10-17(25-12)18-26-13(2)19(30-21(20(28)29)6-3-7-21)27(18)11-14-8-15(22)4-5-16(14)23/h4-5,8-10H,3,6-7,11H2,1-2H3,(H,28,29). The second-order valence-electron chi connectivity index (χ2n) is 7.45. The van der Waals surface area contributed by atoms with Crippen LogP contribution in [0.3, 0.4) is 0 Å². The molecule has 156 valence electrons. The van der Waals surface area contributed by atoms with Crippen LogP contribution in [0.25, 0.3) is 11.5 Å². The van der Waals surface area contributed by atoms with Gasteiger partial charge < -0.3 is 9.67 Å². The number of aromatic nitrogens is 4. The Morgan fingerprint density at radius 3 is 2.63 bits per heavy atom. The summed E-state index contributed by atoms with van der Waals surface area (Å²) in [4.78, 5) is 25.6. The van der Waals surface area contributed by atoms with E-state index in [1.807, 2.05) is 24.5 Å². The zero-order valence-corrected chi connectivity index (χ0v) is 18.9. The van der Waals surface area contributed by atoms with E-state index >= 15 is 0 Å². The molecule has 9 heteroatoms. The molecule has 0 amide bonds. The van der Waals surface area contributed by atoms with Crippen LogP contribution in [-0.4, -0.2) is 35.3 Å². The number of nitrogens with zero attached hydrogens (tertiary/aromatic N) is 4. The highest BCUT2D eigenvalue weighted by molar-refractivity contribution is 8.01. The Morgan fingerprint density at radius 2 is 2.00 bits per heavy atom. The summed E-state index contributed by atoms with van der Waals surface area (Å²) in [7, 11) is 0. The van der Waals surface area contributed by atoms with Crippen molar-refractivity contribution in [1.82, 2.24) is 19.5 Å². The summed E-state index contributed by atoms with van der Waals surface area (Å²) in [6.45, 7) is 4.15. The molecule has 0 saturated heterocycles. The van der Waals surface area contributed by atoms with E-state index in [4.69, 9.17) is 28.2 Å². The smallest absolute Gasteiger partial charge is 0.320 e. The minimum absolute atomic E-state index is 0.392. The Hall–Kier alpha value is -2.09. The first-order valence-electron chi connectivity index (χ1n) is 9.51. The summed E-state index contributed by atoms with van der Waals surface area (Å²) in [5, 5.41) is 11.8. The van der Waals surface area contributed by atoms with E-state index in [-0.39, 0.29) is 0 Å². The molecule has 1 aliphatic carbocycles. The lowest BCUT2D eigenvalue weighted by Gasteiger charge is -2.37. The van der Waals surface area contributed by atoms with Gasteiger partial charge in [0, 0.05) is 16.2 Å². The topological polar surface area (TPSA) is 80.9 Å². The lowest BCUT2D eigenvalue weighted by atomic mass is 9.84. The molecule has 4 rings (SSSR count). The molecule has 0 atom stereocenters. The van der Waals surface area contributed by atoms with Crippen LogP contribution in [0.2, 0.25) is 10.0 Å². The maximum atomic E-state index is 12.0. The molecule has 3 aromatic rings. The quantitative estimate of drug-likeness (QED) is 0.527. The molecule has 0 aliphatic heterocycles. The summed E-state index contributed by atoms with van der Waals surface area (Å²) >= 11 is 14.0. The third kappa shape index (κ3) is 3.94. The van der Waals surface area contributed by atoms with E-state index < -0.39 is 10.7 Å². The van der Waals surface area contributed by atoms with Gasteiger partial charge in [-0.2, -0.15) is 0 Å². The minimum Gasteiger partial charge on any atom is -0.480 e. The zero-order chi connectivity index (χ0) is 21.5. The van der Waals surface area contributed by atoms with Crippen LogP contribution >= 0.6 is 35.0 Å². The fraction of sp³-hybridized carbons (Fsp3) is 0.333. The van der Waals surface area contributed by atoms with Crippen molar-refractivity contribution >= 4 is 40.9 Å². The molecule has 6 nitrogen and oxygen atoms in total. The lowest BCUT2D eigenvalue weighted by Crippen LogP contribution is -2.42. The second kappa shape index (κ2) is 8.21. The Morgan fingerprint density at radius 1 is 1.23 bits per heavy atom. The SMILES string of the molecule is Cc1cncc(-c2nc(C)c(SC3(C(=O)O)CCC3)n2Cc2cc(Cl)ccc2Cl)n1. The molecule has 1 saturated carbocycles. The Kier molecular flexibility index (Phi) is 5.79. The van der Waals surface area contributed by atoms with E-state index in [0.29, 0.717) is 40.9 Å². The molecular weight excluding hydrogens is 443 g/mol. The van der Waals surface area contributed by atoms with Gasteiger partial charge in [-0.15, -0.1) is 0 Å². The first-order valence-corrected chi connectivity index (χ1v) is 11.1. The molecule has 2 aromatic heterocycles. The Labute approximate surface area is 188 Å². The third-order valence-electron chi connectivity index (χ3n) is 5.25. The largest absolute Gasteiger partial charge is 0.480 e. The van der Waals surface area contributed by atoms with Crippen LogP contribution in [0.4, 0.5) is 0 Å². The van der Waals surface area contributed by atoms with Crippen molar-refractivity contribution in [2.45, 2.75) is 49.4 Å². The molecular formula is C21H20Cl2N4O2S. The van der Waals surface area contributed by atoms with Crippen molar-refractivity contribution in [3.63, 3.8) is 0 Å². The van der Waals surface area contributed by atoms with Gasteiger partial charge in [0.1, 0.15) is 10.4 Å². The van der Waals surface area contributed by atoms with Crippen LogP contribution in [-0.2, 0) is 11.3 Å². The monoisotopic (exact) mass is 462 g/mol. The molecule has 0 bridgehead atoms. The highest BCUT2D eigenvalue weighted by Crippen LogP contribution is 2.49. The summed E-state index contributed by atoms with van der Waals surface area (Å²) < 4.78 is 1.15. The molecule has 30 heavy (non-hydrogen) atoms. The molecule has 1 aromatic carbocycles. The molecule has 0 radical (unpaired) electrons. The number of imidazole rings is 1. The van der Waals surface area contributed by atoms with Gasteiger partial charge in [0.2, 0.25) is 0 Å². The number of carboxylic acid groups (broad SMARTS) is 1. The first kappa shape index (κ1) is 21.2. The van der Waals surface area contributed by atoms with Crippen molar-refractivity contribution in [3.8, 4) is 11.5 Å². The third-order valence-corrected chi connectivity index (χ3v) is 7.53. The van der Waals surface area contributed by atoms with E-state index in [2.05, 4.69) is 9.97 Å². The van der Waals surface area contributed by atoms with Gasteiger partial charge in [-0.3, -0.25) is 9.78 Å². The molecule has 2 heterocycles. The maximum Gasteiger partial charge on any atom is 0.320 e. The number of aryl methyl sites for hydroxylation is 2. The zero-order valence-electron chi connectivity index (χ0n) is 16.5. The average Bonchev–Trinajstić information content (AvgIpc) is 2.96. The highest BCUT2D eigenvalue weighted by Gasteiger charge is 2.46. The summed E-state index contributed by atoms with van der Waals surface area (Å²) in [6.07, 6.45) is 5.52. The van der Waals surface area contributed by atoms with Gasteiger partial charge in [0.05, 0.1) is 29.2 Å². The van der Waals surface area contributed by atoms with Crippen molar-refractivity contribution in [3.05, 3.63) is 57.6 Å². The van der Waals surface area contributed by atoms with Crippen LogP contribution in [0.5, 0.6) is 0 Å². The second-order valence-corrected chi connectivity index (χ2v) is 9.66.